The molecule has 2 N–H and O–H groups in total. The van der Waals surface area contributed by atoms with E-state index in [1.54, 1.807) is 6.20 Å². The first-order valence-corrected chi connectivity index (χ1v) is 8.40. The lowest BCUT2D eigenvalue weighted by atomic mass is 10.2. The van der Waals surface area contributed by atoms with Gasteiger partial charge in [-0.3, -0.25) is 4.79 Å². The van der Waals surface area contributed by atoms with Crippen LogP contribution in [0.5, 0.6) is 0 Å². The fraction of sp³-hybridized carbons (Fsp3) is 0.588. The monoisotopic (exact) mass is 319 g/mol. The Balaban J connectivity index is 2.17. The highest BCUT2D eigenvalue weighted by Gasteiger charge is 2.20. The molecule has 0 bridgehead atoms. The van der Waals surface area contributed by atoms with Gasteiger partial charge in [0.05, 0.1) is 11.9 Å². The Morgan fingerprint density at radius 3 is 2.57 bits per heavy atom. The second kappa shape index (κ2) is 8.50. The molecule has 0 spiro atoms. The number of aromatic carboxylic acids is 1. The molecule has 1 aromatic rings. The number of hydrogen-bond donors (Lipinski definition) is 2. The number of pyridine rings is 1. The van der Waals surface area contributed by atoms with Crippen LogP contribution in [0.3, 0.4) is 0 Å². The van der Waals surface area contributed by atoms with Crippen LogP contribution in [0.25, 0.3) is 0 Å². The largest absolute Gasteiger partial charge is 0.478 e. The van der Waals surface area contributed by atoms with Crippen molar-refractivity contribution in [3.05, 3.63) is 17.8 Å². The van der Waals surface area contributed by atoms with Crippen molar-refractivity contribution < 1.29 is 14.7 Å². The normalized spacial score (nSPS) is 15.1. The van der Waals surface area contributed by atoms with Crippen LogP contribution in [0, 0.1) is 0 Å². The van der Waals surface area contributed by atoms with Crippen molar-refractivity contribution in [2.24, 2.45) is 0 Å². The summed E-state index contributed by atoms with van der Waals surface area (Å²) in [5.41, 5.74) is 0.599. The van der Waals surface area contributed by atoms with Gasteiger partial charge in [-0.2, -0.15) is 0 Å². The second-order valence-corrected chi connectivity index (χ2v) is 5.95. The number of amides is 1. The lowest BCUT2D eigenvalue weighted by molar-refractivity contribution is -0.116. The number of rotatable bonds is 6. The van der Waals surface area contributed by atoms with Crippen molar-refractivity contribution in [3.8, 4) is 0 Å². The van der Waals surface area contributed by atoms with Crippen LogP contribution < -0.4 is 10.2 Å². The van der Waals surface area contributed by atoms with Crippen molar-refractivity contribution in [2.45, 2.75) is 51.9 Å². The van der Waals surface area contributed by atoms with E-state index < -0.39 is 5.97 Å². The summed E-state index contributed by atoms with van der Waals surface area (Å²) in [5.74, 6) is -0.611. The average Bonchev–Trinajstić information content (AvgIpc) is 2.82. The summed E-state index contributed by atoms with van der Waals surface area (Å²) >= 11 is 0. The molecule has 126 valence electrons. The number of nitrogens with zero attached hydrogens (tertiary/aromatic N) is 2. The number of carbonyl (C=O) groups excluding carboxylic acids is 1. The molecule has 1 aliphatic rings. The second-order valence-electron chi connectivity index (χ2n) is 5.95. The molecule has 2 heterocycles. The number of nitrogens with one attached hydrogen (secondary N) is 1. The number of aromatic nitrogens is 1. The van der Waals surface area contributed by atoms with Gasteiger partial charge in [-0.1, -0.05) is 26.2 Å². The summed E-state index contributed by atoms with van der Waals surface area (Å²) in [4.78, 5) is 29.7. The zero-order valence-electron chi connectivity index (χ0n) is 13.7. The van der Waals surface area contributed by atoms with E-state index in [4.69, 9.17) is 0 Å². The highest BCUT2D eigenvalue weighted by atomic mass is 16.4. The van der Waals surface area contributed by atoms with Gasteiger partial charge in [0.25, 0.3) is 0 Å². The first-order chi connectivity index (χ1) is 11.1. The Bertz CT molecular complexity index is 552. The van der Waals surface area contributed by atoms with Crippen LogP contribution in [0.2, 0.25) is 0 Å². The lowest BCUT2D eigenvalue weighted by Gasteiger charge is -2.23. The molecule has 6 nitrogen and oxygen atoms in total. The fourth-order valence-corrected chi connectivity index (χ4v) is 2.78. The quantitative estimate of drug-likeness (QED) is 0.840. The van der Waals surface area contributed by atoms with E-state index in [0.29, 0.717) is 17.9 Å². The van der Waals surface area contributed by atoms with Gasteiger partial charge in [0.15, 0.2) is 0 Å². The number of anilines is 2. The summed E-state index contributed by atoms with van der Waals surface area (Å²) in [6.45, 7) is 3.68. The molecular formula is C17H25N3O3. The minimum atomic E-state index is -1.01. The Morgan fingerprint density at radius 1 is 1.26 bits per heavy atom. The molecule has 2 rings (SSSR count). The number of carboxylic acid groups (broad SMARTS) is 1. The van der Waals surface area contributed by atoms with Gasteiger partial charge in [-0.25, -0.2) is 9.78 Å². The van der Waals surface area contributed by atoms with E-state index in [9.17, 15) is 14.7 Å². The van der Waals surface area contributed by atoms with Crippen molar-refractivity contribution >= 4 is 23.4 Å². The predicted molar refractivity (Wildman–Crippen MR) is 90.0 cm³/mol. The highest BCUT2D eigenvalue weighted by molar-refractivity contribution is 5.97. The van der Waals surface area contributed by atoms with Crippen molar-refractivity contribution in [1.29, 1.82) is 0 Å². The summed E-state index contributed by atoms with van der Waals surface area (Å²) in [5, 5.41) is 12.2. The first kappa shape index (κ1) is 17.2. The molecule has 0 unspecified atom stereocenters. The van der Waals surface area contributed by atoms with Gasteiger partial charge in [0.2, 0.25) is 5.91 Å². The van der Waals surface area contributed by atoms with Gasteiger partial charge >= 0.3 is 5.97 Å². The third-order valence-electron chi connectivity index (χ3n) is 4.04. The maximum Gasteiger partial charge on any atom is 0.339 e. The van der Waals surface area contributed by atoms with E-state index in [0.717, 1.165) is 38.8 Å². The molecule has 0 saturated carbocycles. The molecule has 0 aliphatic carbocycles. The number of unbranched alkanes of at least 4 members (excludes halogenated alkanes) is 1. The van der Waals surface area contributed by atoms with E-state index in [2.05, 4.69) is 10.3 Å². The molecule has 0 atom stereocenters. The number of carbonyl (C=O) groups is 2. The molecule has 1 aliphatic heterocycles. The van der Waals surface area contributed by atoms with Crippen molar-refractivity contribution in [3.63, 3.8) is 0 Å². The maximum absolute atomic E-state index is 11.8. The van der Waals surface area contributed by atoms with E-state index in [-0.39, 0.29) is 11.5 Å². The molecular weight excluding hydrogens is 294 g/mol. The van der Waals surface area contributed by atoms with Crippen LogP contribution in [0.15, 0.2) is 12.3 Å². The van der Waals surface area contributed by atoms with Crippen LogP contribution >= 0.6 is 0 Å². The zero-order valence-corrected chi connectivity index (χ0v) is 13.7. The minimum absolute atomic E-state index is 0.104. The predicted octanol–water partition coefficient (Wildman–Crippen LogP) is 3.29. The van der Waals surface area contributed by atoms with Crippen molar-refractivity contribution in [1.82, 2.24) is 4.98 Å². The molecule has 1 amide bonds. The van der Waals surface area contributed by atoms with Gasteiger partial charge in [-0.15, -0.1) is 0 Å². The number of hydrogen-bond acceptors (Lipinski definition) is 4. The van der Waals surface area contributed by atoms with E-state index in [1.165, 1.54) is 18.9 Å². The molecule has 23 heavy (non-hydrogen) atoms. The summed E-state index contributed by atoms with van der Waals surface area (Å²) in [7, 11) is 0. The van der Waals surface area contributed by atoms with Crippen molar-refractivity contribution in [2.75, 3.05) is 23.3 Å². The van der Waals surface area contributed by atoms with Crippen LogP contribution in [0.1, 0.15) is 62.2 Å². The number of carboxylic acids is 1. The van der Waals surface area contributed by atoms with E-state index in [1.807, 2.05) is 11.8 Å². The molecule has 1 aromatic heterocycles. The minimum Gasteiger partial charge on any atom is -0.478 e. The summed E-state index contributed by atoms with van der Waals surface area (Å²) < 4.78 is 0. The standard InChI is InChI=1S/C17H25N3O3/c1-2-3-8-15(21)19-13-11-14(17(22)23)16(18-12-13)20-9-6-4-5-7-10-20/h11-12H,2-10H2,1H3,(H,19,21)(H,22,23). The first-order valence-electron chi connectivity index (χ1n) is 8.40. The maximum atomic E-state index is 11.8. The molecule has 6 heteroatoms. The van der Waals surface area contributed by atoms with Gasteiger partial charge in [0, 0.05) is 19.5 Å². The SMILES string of the molecule is CCCCC(=O)Nc1cnc(N2CCCCCC2)c(C(=O)O)c1. The molecule has 1 saturated heterocycles. The topological polar surface area (TPSA) is 82.5 Å². The van der Waals surface area contributed by atoms with Crippen LogP contribution in [-0.4, -0.2) is 35.1 Å². The summed E-state index contributed by atoms with van der Waals surface area (Å²) in [6, 6.07) is 1.51. The van der Waals surface area contributed by atoms with Gasteiger partial charge < -0.3 is 15.3 Å². The third kappa shape index (κ3) is 4.94. The third-order valence-corrected chi connectivity index (χ3v) is 4.04. The van der Waals surface area contributed by atoms with Gasteiger partial charge in [0.1, 0.15) is 11.4 Å². The molecule has 0 radical (unpaired) electrons. The Hall–Kier alpha value is -2.11. The fourth-order valence-electron chi connectivity index (χ4n) is 2.78. The zero-order chi connectivity index (χ0) is 16.7. The Kier molecular flexibility index (Phi) is 6.38. The summed E-state index contributed by atoms with van der Waals surface area (Å²) in [6.07, 6.45) is 8.20. The van der Waals surface area contributed by atoms with Crippen LogP contribution in [0.4, 0.5) is 11.5 Å². The van der Waals surface area contributed by atoms with E-state index >= 15 is 0 Å². The smallest absolute Gasteiger partial charge is 0.339 e. The Labute approximate surface area is 136 Å². The highest BCUT2D eigenvalue weighted by Crippen LogP contribution is 2.24. The Morgan fingerprint density at radius 2 is 1.96 bits per heavy atom. The lowest BCUT2D eigenvalue weighted by Crippen LogP contribution is -2.27. The molecule has 0 aromatic carbocycles. The molecule has 1 fully saturated rings. The average molecular weight is 319 g/mol. The van der Waals surface area contributed by atoms with Gasteiger partial charge in [-0.05, 0) is 25.3 Å². The van der Waals surface area contributed by atoms with Crippen LogP contribution in [-0.2, 0) is 4.79 Å².